The summed E-state index contributed by atoms with van der Waals surface area (Å²) in [5.74, 6) is 0.706. The number of hydrogen-bond donors (Lipinski definition) is 0. The van der Waals surface area contributed by atoms with Gasteiger partial charge in [0.15, 0.2) is 0 Å². The van der Waals surface area contributed by atoms with E-state index in [2.05, 4.69) is 29.8 Å². The van der Waals surface area contributed by atoms with Gasteiger partial charge in [-0.1, -0.05) is 12.5 Å². The molecule has 0 N–H and O–H groups in total. The van der Waals surface area contributed by atoms with E-state index in [1.165, 1.54) is 24.8 Å². The maximum atomic E-state index is 12.6. The van der Waals surface area contributed by atoms with Gasteiger partial charge in [-0.05, 0) is 78.5 Å². The van der Waals surface area contributed by atoms with Gasteiger partial charge in [-0.3, -0.25) is 9.80 Å². The van der Waals surface area contributed by atoms with E-state index in [0.717, 1.165) is 19.4 Å². The minimum Gasteiger partial charge on any atom is -0.443 e. The van der Waals surface area contributed by atoms with Gasteiger partial charge in [-0.2, -0.15) is 0 Å². The number of piperidine rings is 1. The van der Waals surface area contributed by atoms with Gasteiger partial charge in [0, 0.05) is 24.3 Å². The Morgan fingerprint density at radius 3 is 2.50 bits per heavy atom. The van der Waals surface area contributed by atoms with E-state index in [0.29, 0.717) is 17.9 Å². The second-order valence-corrected chi connectivity index (χ2v) is 8.87. The first-order chi connectivity index (χ1) is 12.3. The first kappa shape index (κ1) is 19.2. The van der Waals surface area contributed by atoms with Crippen LogP contribution in [0.4, 0.5) is 10.6 Å². The van der Waals surface area contributed by atoms with Gasteiger partial charge in [0.05, 0.1) is 0 Å². The van der Waals surface area contributed by atoms with Crippen molar-refractivity contribution >= 4 is 11.9 Å². The van der Waals surface area contributed by atoms with Crippen LogP contribution in [0, 0.1) is 0 Å². The molecule has 0 spiro atoms. The number of pyridine rings is 1. The molecule has 5 heteroatoms. The smallest absolute Gasteiger partial charge is 0.416 e. The minimum absolute atomic E-state index is 0.227. The molecule has 26 heavy (non-hydrogen) atoms. The largest absolute Gasteiger partial charge is 0.443 e. The number of anilines is 1. The molecular weight excluding hydrogens is 326 g/mol. The number of rotatable bonds is 4. The summed E-state index contributed by atoms with van der Waals surface area (Å²) >= 11 is 0. The van der Waals surface area contributed by atoms with Crippen LogP contribution in [-0.4, -0.2) is 40.2 Å². The Kier molecular flexibility index (Phi) is 5.56. The van der Waals surface area contributed by atoms with Gasteiger partial charge in [-0.25, -0.2) is 9.78 Å². The van der Waals surface area contributed by atoms with Gasteiger partial charge >= 0.3 is 6.09 Å². The van der Waals surface area contributed by atoms with Crippen molar-refractivity contribution in [1.29, 1.82) is 0 Å². The summed E-state index contributed by atoms with van der Waals surface area (Å²) in [6.45, 7) is 11.4. The van der Waals surface area contributed by atoms with Gasteiger partial charge in [0.2, 0.25) is 0 Å². The van der Waals surface area contributed by atoms with Crippen LogP contribution in [0.3, 0.4) is 0 Å². The zero-order chi connectivity index (χ0) is 18.9. The average molecular weight is 360 g/mol. The summed E-state index contributed by atoms with van der Waals surface area (Å²) in [4.78, 5) is 21.6. The third kappa shape index (κ3) is 4.56. The van der Waals surface area contributed by atoms with Gasteiger partial charge in [0.25, 0.3) is 0 Å². The van der Waals surface area contributed by atoms with Crippen LogP contribution in [0.2, 0.25) is 0 Å². The second-order valence-electron chi connectivity index (χ2n) is 8.87. The van der Waals surface area contributed by atoms with Crippen molar-refractivity contribution in [3.63, 3.8) is 0 Å². The fourth-order valence-corrected chi connectivity index (χ4v) is 3.74. The van der Waals surface area contributed by atoms with Crippen molar-refractivity contribution in [3.8, 4) is 0 Å². The molecular formula is C21H33N3O2. The van der Waals surface area contributed by atoms with E-state index >= 15 is 0 Å². The molecule has 1 aromatic heterocycles. The molecule has 1 amide bonds. The van der Waals surface area contributed by atoms with Crippen LogP contribution in [0.1, 0.15) is 78.3 Å². The Bertz CT molecular complexity index is 617. The van der Waals surface area contributed by atoms with Crippen molar-refractivity contribution in [3.05, 3.63) is 23.9 Å². The normalized spacial score (nSPS) is 21.7. The van der Waals surface area contributed by atoms with Crippen molar-refractivity contribution in [2.45, 2.75) is 90.4 Å². The Morgan fingerprint density at radius 1 is 1.23 bits per heavy atom. The van der Waals surface area contributed by atoms with E-state index in [-0.39, 0.29) is 12.1 Å². The molecule has 5 nitrogen and oxygen atoms in total. The second kappa shape index (κ2) is 7.55. The van der Waals surface area contributed by atoms with Crippen LogP contribution < -0.4 is 4.90 Å². The van der Waals surface area contributed by atoms with E-state index in [9.17, 15) is 4.79 Å². The number of aromatic nitrogens is 1. The molecule has 2 aliphatic rings. The standard InChI is InChI=1S/C21H33N3O2/c1-15(2)23-13-7-6-8-18(23)16-9-12-19(22-14-16)24(17-10-11-17)20(25)26-21(3,4)5/h9,12,14-15,17-18H,6-8,10-11,13H2,1-5H3/t18-/m0/s1. The van der Waals surface area contributed by atoms with E-state index < -0.39 is 5.60 Å². The van der Waals surface area contributed by atoms with E-state index in [4.69, 9.17) is 4.74 Å². The number of amides is 1. The highest BCUT2D eigenvalue weighted by Crippen LogP contribution is 2.35. The minimum atomic E-state index is -0.496. The van der Waals surface area contributed by atoms with Crippen molar-refractivity contribution in [1.82, 2.24) is 9.88 Å². The van der Waals surface area contributed by atoms with E-state index in [1.807, 2.05) is 33.0 Å². The van der Waals surface area contributed by atoms with Crippen LogP contribution in [-0.2, 0) is 4.74 Å². The molecule has 2 heterocycles. The lowest BCUT2D eigenvalue weighted by Gasteiger charge is -2.38. The lowest BCUT2D eigenvalue weighted by Crippen LogP contribution is -2.39. The number of ether oxygens (including phenoxy) is 1. The number of nitrogens with zero attached hydrogens (tertiary/aromatic N) is 3. The SMILES string of the molecule is CC(C)N1CCCC[C@H]1c1ccc(N(C(=O)OC(C)(C)C)C2CC2)nc1. The predicted octanol–water partition coefficient (Wildman–Crippen LogP) is 4.92. The van der Waals surface area contributed by atoms with Gasteiger partial charge in [0.1, 0.15) is 11.4 Å². The van der Waals surface area contributed by atoms with Crippen LogP contribution in [0.15, 0.2) is 18.3 Å². The molecule has 0 unspecified atom stereocenters. The summed E-state index contributed by atoms with van der Waals surface area (Å²) in [5, 5.41) is 0. The molecule has 1 saturated heterocycles. The zero-order valence-electron chi connectivity index (χ0n) is 16.9. The number of carbonyl (C=O) groups excluding carboxylic acids is 1. The van der Waals surface area contributed by atoms with Crippen molar-refractivity contribution in [2.24, 2.45) is 0 Å². The molecule has 3 rings (SSSR count). The monoisotopic (exact) mass is 359 g/mol. The highest BCUT2D eigenvalue weighted by molar-refractivity contribution is 5.88. The molecule has 2 fully saturated rings. The average Bonchev–Trinajstić information content (AvgIpc) is 3.39. The third-order valence-electron chi connectivity index (χ3n) is 5.11. The quantitative estimate of drug-likeness (QED) is 0.765. The predicted molar refractivity (Wildman–Crippen MR) is 104 cm³/mol. The number of likely N-dealkylation sites (tertiary alicyclic amines) is 1. The first-order valence-corrected chi connectivity index (χ1v) is 10.00. The molecule has 1 aliphatic heterocycles. The number of hydrogen-bond acceptors (Lipinski definition) is 4. The van der Waals surface area contributed by atoms with Crippen molar-refractivity contribution < 1.29 is 9.53 Å². The topological polar surface area (TPSA) is 45.7 Å². The van der Waals surface area contributed by atoms with Crippen molar-refractivity contribution in [2.75, 3.05) is 11.4 Å². The Labute approximate surface area is 157 Å². The fraction of sp³-hybridized carbons (Fsp3) is 0.714. The molecule has 1 aliphatic carbocycles. The third-order valence-corrected chi connectivity index (χ3v) is 5.11. The molecule has 0 radical (unpaired) electrons. The maximum absolute atomic E-state index is 12.6. The summed E-state index contributed by atoms with van der Waals surface area (Å²) in [6, 6.07) is 5.33. The zero-order valence-corrected chi connectivity index (χ0v) is 16.9. The Balaban J connectivity index is 1.78. The highest BCUT2D eigenvalue weighted by atomic mass is 16.6. The molecule has 0 bridgehead atoms. The van der Waals surface area contributed by atoms with Crippen LogP contribution in [0.25, 0.3) is 0 Å². The molecule has 1 saturated carbocycles. The van der Waals surface area contributed by atoms with Crippen LogP contribution >= 0.6 is 0 Å². The highest BCUT2D eigenvalue weighted by Gasteiger charge is 2.37. The summed E-state index contributed by atoms with van der Waals surface area (Å²) < 4.78 is 5.59. The van der Waals surface area contributed by atoms with Gasteiger partial charge in [-0.15, -0.1) is 0 Å². The van der Waals surface area contributed by atoms with E-state index in [1.54, 1.807) is 4.90 Å². The number of carbonyl (C=O) groups is 1. The van der Waals surface area contributed by atoms with Crippen LogP contribution in [0.5, 0.6) is 0 Å². The summed E-state index contributed by atoms with van der Waals surface area (Å²) in [7, 11) is 0. The van der Waals surface area contributed by atoms with Gasteiger partial charge < -0.3 is 4.74 Å². The lowest BCUT2D eigenvalue weighted by molar-refractivity contribution is 0.0576. The fourth-order valence-electron chi connectivity index (χ4n) is 3.74. The summed E-state index contributed by atoms with van der Waals surface area (Å²) in [6.07, 6.45) is 7.43. The Hall–Kier alpha value is -1.62. The first-order valence-electron chi connectivity index (χ1n) is 10.00. The molecule has 1 aromatic rings. The summed E-state index contributed by atoms with van der Waals surface area (Å²) in [5.41, 5.74) is 0.756. The molecule has 144 valence electrons. The lowest BCUT2D eigenvalue weighted by atomic mass is 9.95. The molecule has 0 aromatic carbocycles. The molecule has 1 atom stereocenters. The maximum Gasteiger partial charge on any atom is 0.416 e. The Morgan fingerprint density at radius 2 is 1.96 bits per heavy atom.